The fraction of sp³-hybridized carbons (Fsp3) is 0.500. The van der Waals surface area contributed by atoms with Gasteiger partial charge in [-0.05, 0) is 12.5 Å². The number of benzene rings is 1. The first-order chi connectivity index (χ1) is 13.4. The number of rotatable bonds is 8. The van der Waals surface area contributed by atoms with E-state index >= 15 is 0 Å². The van der Waals surface area contributed by atoms with Crippen LogP contribution in [0.2, 0.25) is 0 Å². The fourth-order valence-electron chi connectivity index (χ4n) is 3.46. The topological polar surface area (TPSA) is 105 Å². The molecule has 1 amide bonds. The van der Waals surface area contributed by atoms with E-state index in [1.165, 1.54) is 10.9 Å². The SMILES string of the molecule is COc1cc(OC)c(OC)cc1CN1CC(F)CC1Cn1cc(C(N)=O)nn1. The third-order valence-corrected chi connectivity index (χ3v) is 4.83. The normalized spacial score (nSPS) is 19.6. The van der Waals surface area contributed by atoms with E-state index in [0.717, 1.165) is 5.56 Å². The van der Waals surface area contributed by atoms with Crippen LogP contribution in [-0.4, -0.2) is 65.9 Å². The Morgan fingerprint density at radius 2 is 1.89 bits per heavy atom. The summed E-state index contributed by atoms with van der Waals surface area (Å²) < 4.78 is 31.8. The average molecular weight is 393 g/mol. The van der Waals surface area contributed by atoms with Gasteiger partial charge in [0, 0.05) is 30.8 Å². The van der Waals surface area contributed by atoms with E-state index in [9.17, 15) is 9.18 Å². The smallest absolute Gasteiger partial charge is 0.270 e. The number of ether oxygens (including phenoxy) is 3. The number of alkyl halides is 1. The predicted octanol–water partition coefficient (Wildman–Crippen LogP) is 1.02. The van der Waals surface area contributed by atoms with Crippen molar-refractivity contribution in [3.8, 4) is 17.2 Å². The molecular formula is C18H24FN5O4. The molecule has 10 heteroatoms. The molecule has 1 aromatic heterocycles. The van der Waals surface area contributed by atoms with Crippen molar-refractivity contribution in [3.63, 3.8) is 0 Å². The molecule has 1 aliphatic rings. The van der Waals surface area contributed by atoms with Crippen LogP contribution in [0.3, 0.4) is 0 Å². The number of aromatic nitrogens is 3. The van der Waals surface area contributed by atoms with Crippen molar-refractivity contribution in [2.24, 2.45) is 5.73 Å². The molecule has 28 heavy (non-hydrogen) atoms. The van der Waals surface area contributed by atoms with E-state index in [-0.39, 0.29) is 11.7 Å². The molecule has 9 nitrogen and oxygen atoms in total. The summed E-state index contributed by atoms with van der Waals surface area (Å²) in [5.41, 5.74) is 6.15. The largest absolute Gasteiger partial charge is 0.496 e. The molecule has 1 saturated heterocycles. The molecule has 1 aromatic carbocycles. The van der Waals surface area contributed by atoms with Gasteiger partial charge in [0.25, 0.3) is 5.91 Å². The molecule has 2 aromatic rings. The van der Waals surface area contributed by atoms with Gasteiger partial charge in [-0.25, -0.2) is 4.39 Å². The summed E-state index contributed by atoms with van der Waals surface area (Å²) in [6, 6.07) is 3.47. The number of amides is 1. The molecule has 2 heterocycles. The van der Waals surface area contributed by atoms with E-state index in [1.807, 2.05) is 11.0 Å². The van der Waals surface area contributed by atoms with E-state index in [4.69, 9.17) is 19.9 Å². The highest BCUT2D eigenvalue weighted by Crippen LogP contribution is 2.36. The Bertz CT molecular complexity index is 843. The van der Waals surface area contributed by atoms with Crippen molar-refractivity contribution in [2.75, 3.05) is 27.9 Å². The number of halogens is 1. The number of carbonyl (C=O) groups is 1. The number of hydrogen-bond donors (Lipinski definition) is 1. The molecule has 2 unspecified atom stereocenters. The van der Waals surface area contributed by atoms with Gasteiger partial charge in [-0.3, -0.25) is 14.4 Å². The molecule has 3 rings (SSSR count). The van der Waals surface area contributed by atoms with Crippen molar-refractivity contribution in [2.45, 2.75) is 31.7 Å². The highest BCUT2D eigenvalue weighted by atomic mass is 19.1. The number of hydrogen-bond acceptors (Lipinski definition) is 7. The zero-order valence-corrected chi connectivity index (χ0v) is 16.1. The van der Waals surface area contributed by atoms with Crippen molar-refractivity contribution < 1.29 is 23.4 Å². The summed E-state index contributed by atoms with van der Waals surface area (Å²) in [6.45, 7) is 1.15. The Hall–Kier alpha value is -2.88. The maximum absolute atomic E-state index is 14.2. The molecule has 1 fully saturated rings. The summed E-state index contributed by atoms with van der Waals surface area (Å²) in [6.07, 6.45) is 0.889. The molecule has 0 bridgehead atoms. The van der Waals surface area contributed by atoms with Crippen LogP contribution in [0.5, 0.6) is 17.2 Å². The van der Waals surface area contributed by atoms with Crippen LogP contribution < -0.4 is 19.9 Å². The van der Waals surface area contributed by atoms with Gasteiger partial charge in [0.2, 0.25) is 0 Å². The number of primary amides is 1. The highest BCUT2D eigenvalue weighted by Gasteiger charge is 2.33. The molecule has 152 valence electrons. The van der Waals surface area contributed by atoms with Crippen LogP contribution in [0.25, 0.3) is 0 Å². The van der Waals surface area contributed by atoms with Gasteiger partial charge in [-0.1, -0.05) is 5.21 Å². The maximum atomic E-state index is 14.2. The summed E-state index contributed by atoms with van der Waals surface area (Å²) in [5, 5.41) is 7.64. The van der Waals surface area contributed by atoms with Crippen LogP contribution in [0.1, 0.15) is 22.5 Å². The molecule has 0 saturated carbocycles. The van der Waals surface area contributed by atoms with Crippen molar-refractivity contribution in [3.05, 3.63) is 29.6 Å². The van der Waals surface area contributed by atoms with E-state index in [1.54, 1.807) is 27.4 Å². The van der Waals surface area contributed by atoms with Gasteiger partial charge in [-0.15, -0.1) is 5.10 Å². The van der Waals surface area contributed by atoms with Crippen molar-refractivity contribution in [1.82, 2.24) is 19.9 Å². The standard InChI is InChI=1S/C18H24FN5O4/c1-26-15-6-17(28-3)16(27-2)4-11(15)7-23-8-12(19)5-13(23)9-24-10-14(18(20)25)21-22-24/h4,6,10,12-13H,5,7-9H2,1-3H3,(H2,20,25). The lowest BCUT2D eigenvalue weighted by Gasteiger charge is -2.25. The number of likely N-dealkylation sites (tertiary alicyclic amines) is 1. The summed E-state index contributed by atoms with van der Waals surface area (Å²) >= 11 is 0. The monoisotopic (exact) mass is 393 g/mol. The first-order valence-electron chi connectivity index (χ1n) is 8.82. The number of nitrogens with zero attached hydrogens (tertiary/aromatic N) is 4. The lowest BCUT2D eigenvalue weighted by molar-refractivity contribution is 0.0995. The third-order valence-electron chi connectivity index (χ3n) is 4.83. The summed E-state index contributed by atoms with van der Waals surface area (Å²) in [7, 11) is 4.69. The lowest BCUT2D eigenvalue weighted by Crippen LogP contribution is -2.33. The highest BCUT2D eigenvalue weighted by molar-refractivity contribution is 5.90. The molecular weight excluding hydrogens is 369 g/mol. The van der Waals surface area contributed by atoms with Crippen LogP contribution in [0, 0.1) is 0 Å². The Morgan fingerprint density at radius 1 is 1.21 bits per heavy atom. The Morgan fingerprint density at radius 3 is 2.50 bits per heavy atom. The zero-order chi connectivity index (χ0) is 20.3. The molecule has 0 spiro atoms. The minimum Gasteiger partial charge on any atom is -0.496 e. The lowest BCUT2D eigenvalue weighted by atomic mass is 10.1. The Labute approximate surface area is 162 Å². The van der Waals surface area contributed by atoms with E-state index < -0.39 is 12.1 Å². The Balaban J connectivity index is 1.80. The van der Waals surface area contributed by atoms with Gasteiger partial charge >= 0.3 is 0 Å². The van der Waals surface area contributed by atoms with Crippen molar-refractivity contribution in [1.29, 1.82) is 0 Å². The van der Waals surface area contributed by atoms with Crippen LogP contribution in [0.15, 0.2) is 18.3 Å². The number of nitrogens with two attached hydrogens (primary N) is 1. The van der Waals surface area contributed by atoms with Crippen LogP contribution >= 0.6 is 0 Å². The first kappa shape index (κ1) is 19.9. The summed E-state index contributed by atoms with van der Waals surface area (Å²) in [4.78, 5) is 13.2. The predicted molar refractivity (Wildman–Crippen MR) is 98.3 cm³/mol. The van der Waals surface area contributed by atoms with Crippen LogP contribution in [-0.2, 0) is 13.1 Å². The third kappa shape index (κ3) is 4.16. The second-order valence-corrected chi connectivity index (χ2v) is 6.63. The minimum absolute atomic E-state index is 0.0860. The van der Waals surface area contributed by atoms with Gasteiger partial charge in [0.05, 0.1) is 34.1 Å². The van der Waals surface area contributed by atoms with E-state index in [0.29, 0.717) is 43.3 Å². The number of methoxy groups -OCH3 is 3. The summed E-state index contributed by atoms with van der Waals surface area (Å²) in [5.74, 6) is 1.13. The maximum Gasteiger partial charge on any atom is 0.270 e. The van der Waals surface area contributed by atoms with Crippen LogP contribution in [0.4, 0.5) is 4.39 Å². The fourth-order valence-corrected chi connectivity index (χ4v) is 3.46. The zero-order valence-electron chi connectivity index (χ0n) is 16.1. The number of carbonyl (C=O) groups excluding carboxylic acids is 1. The first-order valence-corrected chi connectivity index (χ1v) is 8.82. The molecule has 0 radical (unpaired) electrons. The van der Waals surface area contributed by atoms with E-state index in [2.05, 4.69) is 10.3 Å². The average Bonchev–Trinajstić information content (AvgIpc) is 3.28. The van der Waals surface area contributed by atoms with Gasteiger partial charge in [0.1, 0.15) is 11.9 Å². The van der Waals surface area contributed by atoms with Gasteiger partial charge in [-0.2, -0.15) is 0 Å². The second-order valence-electron chi connectivity index (χ2n) is 6.63. The molecule has 2 atom stereocenters. The quantitative estimate of drug-likeness (QED) is 0.714. The van der Waals surface area contributed by atoms with Crippen molar-refractivity contribution >= 4 is 5.91 Å². The second kappa shape index (κ2) is 8.42. The van der Waals surface area contributed by atoms with Gasteiger partial charge < -0.3 is 19.9 Å². The molecule has 2 N–H and O–H groups in total. The molecule has 0 aliphatic carbocycles. The minimum atomic E-state index is -0.949. The molecule has 1 aliphatic heterocycles. The van der Waals surface area contributed by atoms with Gasteiger partial charge in [0.15, 0.2) is 17.2 Å². The Kier molecular flexibility index (Phi) is 5.98.